The van der Waals surface area contributed by atoms with Crippen molar-refractivity contribution in [3.8, 4) is 0 Å². The molecule has 0 saturated carbocycles. The third-order valence-corrected chi connectivity index (χ3v) is 4.61. The topological polar surface area (TPSA) is 35.5 Å². The van der Waals surface area contributed by atoms with E-state index in [0.29, 0.717) is 23.2 Å². The van der Waals surface area contributed by atoms with Crippen LogP contribution in [0.15, 0.2) is 23.7 Å². The number of halogens is 1. The fourth-order valence-electron chi connectivity index (χ4n) is 2.12. The minimum Gasteiger partial charge on any atom is -0.400 e. The van der Waals surface area contributed by atoms with Crippen molar-refractivity contribution in [2.24, 2.45) is 0 Å². The number of thiol groups is 1. The van der Waals surface area contributed by atoms with E-state index in [1.165, 1.54) is 6.07 Å². The lowest BCUT2D eigenvalue weighted by Gasteiger charge is -2.32. The second kappa shape index (κ2) is 6.18. The van der Waals surface area contributed by atoms with Gasteiger partial charge < -0.3 is 9.31 Å². The Bertz CT molecular complexity index is 597. The van der Waals surface area contributed by atoms with Crippen molar-refractivity contribution >= 4 is 32.1 Å². The average Bonchev–Trinajstić information content (AvgIpc) is 2.65. The van der Waals surface area contributed by atoms with Crippen molar-refractivity contribution in [2.75, 3.05) is 5.75 Å². The van der Waals surface area contributed by atoms with Gasteiger partial charge in [0.2, 0.25) is 0 Å². The Balaban J connectivity index is 2.31. The number of rotatable bonds is 4. The lowest BCUT2D eigenvalue weighted by Crippen LogP contribution is -2.41. The van der Waals surface area contributed by atoms with Gasteiger partial charge in [0, 0.05) is 16.9 Å². The molecular formula is C16H20BFO3S. The van der Waals surface area contributed by atoms with E-state index in [1.54, 1.807) is 18.2 Å². The maximum atomic E-state index is 14.0. The summed E-state index contributed by atoms with van der Waals surface area (Å²) in [6.45, 7) is 7.84. The summed E-state index contributed by atoms with van der Waals surface area (Å²) in [7, 11) is -0.562. The number of hydrogen-bond donors (Lipinski definition) is 1. The van der Waals surface area contributed by atoms with Crippen molar-refractivity contribution in [3.63, 3.8) is 0 Å². The predicted octanol–water partition coefficient (Wildman–Crippen LogP) is 3.58. The summed E-state index contributed by atoms with van der Waals surface area (Å²) in [6.07, 6.45) is 2.28. The van der Waals surface area contributed by atoms with Gasteiger partial charge in [-0.05, 0) is 39.2 Å². The zero-order valence-corrected chi connectivity index (χ0v) is 14.1. The predicted molar refractivity (Wildman–Crippen MR) is 89.7 cm³/mol. The molecule has 1 aliphatic rings. The molecule has 1 saturated heterocycles. The van der Waals surface area contributed by atoms with Crippen molar-refractivity contribution in [2.45, 2.75) is 38.9 Å². The number of benzene rings is 1. The third-order valence-electron chi connectivity index (χ3n) is 4.24. The normalized spacial score (nSPS) is 20.3. The van der Waals surface area contributed by atoms with Crippen LogP contribution < -0.4 is 0 Å². The highest BCUT2D eigenvalue weighted by atomic mass is 32.1. The van der Waals surface area contributed by atoms with Crippen molar-refractivity contribution < 1.29 is 18.5 Å². The largest absolute Gasteiger partial charge is 0.491 e. The van der Waals surface area contributed by atoms with Crippen molar-refractivity contribution in [1.29, 1.82) is 0 Å². The van der Waals surface area contributed by atoms with Gasteiger partial charge in [-0.25, -0.2) is 4.39 Å². The van der Waals surface area contributed by atoms with Gasteiger partial charge in [0.1, 0.15) is 12.1 Å². The summed E-state index contributed by atoms with van der Waals surface area (Å²) in [5, 5.41) is 0. The molecule has 1 heterocycles. The number of carbonyl (C=O) groups excluding carboxylic acids is 1. The molecule has 22 heavy (non-hydrogen) atoms. The van der Waals surface area contributed by atoms with Gasteiger partial charge in [-0.1, -0.05) is 18.2 Å². The molecule has 0 spiro atoms. The molecule has 2 rings (SSSR count). The van der Waals surface area contributed by atoms with Crippen LogP contribution in [0.2, 0.25) is 0 Å². The minimum atomic E-state index is -0.562. The molecule has 118 valence electrons. The average molecular weight is 322 g/mol. The lowest BCUT2D eigenvalue weighted by molar-refractivity contribution is 0.00578. The van der Waals surface area contributed by atoms with E-state index in [9.17, 15) is 9.18 Å². The van der Waals surface area contributed by atoms with Crippen LogP contribution in [0, 0.1) is 5.82 Å². The summed E-state index contributed by atoms with van der Waals surface area (Å²) >= 11 is 4.30. The zero-order chi connectivity index (χ0) is 16.5. The lowest BCUT2D eigenvalue weighted by atomic mass is 9.78. The molecule has 0 atom stereocenters. The summed E-state index contributed by atoms with van der Waals surface area (Å²) in [4.78, 5) is 10.7. The third kappa shape index (κ3) is 3.29. The first-order valence-corrected chi connectivity index (χ1v) is 7.75. The molecule has 0 bridgehead atoms. The molecule has 0 aliphatic carbocycles. The molecule has 0 radical (unpaired) electrons. The Morgan fingerprint density at radius 2 is 1.86 bits per heavy atom. The number of carbonyl (C=O) groups is 1. The zero-order valence-electron chi connectivity index (χ0n) is 13.2. The standard InChI is InChI=1S/C16H20BFO3S/c1-15(2)16(3,4)21-17(20-15)13(10-22)8-12-6-5-11(9-19)7-14(12)18/h5-9,22H,10H2,1-4H3. The highest BCUT2D eigenvalue weighted by Gasteiger charge is 2.52. The highest BCUT2D eigenvalue weighted by molar-refractivity contribution is 7.80. The van der Waals surface area contributed by atoms with Crippen LogP contribution in [-0.4, -0.2) is 30.4 Å². The van der Waals surface area contributed by atoms with Crippen LogP contribution in [0.5, 0.6) is 0 Å². The van der Waals surface area contributed by atoms with E-state index in [2.05, 4.69) is 12.6 Å². The maximum Gasteiger partial charge on any atom is 0.491 e. The summed E-state index contributed by atoms with van der Waals surface area (Å²) < 4.78 is 25.9. The maximum absolute atomic E-state index is 14.0. The minimum absolute atomic E-state index is 0.303. The SMILES string of the molecule is CC1(C)OB(C(=Cc2ccc(C=O)cc2F)CS)OC1(C)C. The van der Waals surface area contributed by atoms with Crippen LogP contribution in [0.4, 0.5) is 4.39 Å². The first kappa shape index (κ1) is 17.3. The fraction of sp³-hybridized carbons (Fsp3) is 0.438. The Labute approximate surface area is 136 Å². The molecule has 1 fully saturated rings. The first-order valence-electron chi connectivity index (χ1n) is 7.12. The van der Waals surface area contributed by atoms with E-state index >= 15 is 0 Å². The van der Waals surface area contributed by atoms with Gasteiger partial charge in [0.05, 0.1) is 11.2 Å². The van der Waals surface area contributed by atoms with Gasteiger partial charge in [-0.15, -0.1) is 0 Å². The van der Waals surface area contributed by atoms with Crippen LogP contribution in [0.25, 0.3) is 6.08 Å². The van der Waals surface area contributed by atoms with Crippen LogP contribution in [0.1, 0.15) is 43.6 Å². The van der Waals surface area contributed by atoms with E-state index in [0.717, 1.165) is 5.47 Å². The molecule has 6 heteroatoms. The molecule has 0 N–H and O–H groups in total. The monoisotopic (exact) mass is 322 g/mol. The van der Waals surface area contributed by atoms with Crippen molar-refractivity contribution in [1.82, 2.24) is 0 Å². The second-order valence-electron chi connectivity index (χ2n) is 6.36. The van der Waals surface area contributed by atoms with Crippen LogP contribution in [0.3, 0.4) is 0 Å². The van der Waals surface area contributed by atoms with Crippen LogP contribution in [-0.2, 0) is 9.31 Å². The summed E-state index contributed by atoms with van der Waals surface area (Å²) in [6, 6.07) is 4.34. The molecule has 3 nitrogen and oxygen atoms in total. The molecule has 1 aliphatic heterocycles. The fourth-order valence-corrected chi connectivity index (χ4v) is 2.36. The Hall–Kier alpha value is -1.11. The molecule has 0 aromatic heterocycles. The molecule has 1 aromatic rings. The van der Waals surface area contributed by atoms with Crippen LogP contribution >= 0.6 is 12.6 Å². The van der Waals surface area contributed by atoms with E-state index < -0.39 is 24.1 Å². The van der Waals surface area contributed by atoms with Crippen molar-refractivity contribution in [3.05, 3.63) is 40.6 Å². The van der Waals surface area contributed by atoms with Gasteiger partial charge >= 0.3 is 7.12 Å². The molecule has 1 aromatic carbocycles. The summed E-state index contributed by atoms with van der Waals surface area (Å²) in [5.41, 5.74) is 0.501. The Kier molecular flexibility index (Phi) is 4.85. The van der Waals surface area contributed by atoms with E-state index in [4.69, 9.17) is 9.31 Å². The second-order valence-corrected chi connectivity index (χ2v) is 6.68. The Morgan fingerprint density at radius 1 is 1.27 bits per heavy atom. The quantitative estimate of drug-likeness (QED) is 0.523. The van der Waals surface area contributed by atoms with E-state index in [1.807, 2.05) is 27.7 Å². The van der Waals surface area contributed by atoms with Gasteiger partial charge in [0.25, 0.3) is 0 Å². The molecule has 0 amide bonds. The first-order chi connectivity index (χ1) is 10.2. The smallest absolute Gasteiger partial charge is 0.400 e. The van der Waals surface area contributed by atoms with Gasteiger partial charge in [-0.2, -0.15) is 12.6 Å². The number of hydrogen-bond acceptors (Lipinski definition) is 4. The number of aldehydes is 1. The van der Waals surface area contributed by atoms with E-state index in [-0.39, 0.29) is 0 Å². The van der Waals surface area contributed by atoms with Gasteiger partial charge in [0.15, 0.2) is 0 Å². The summed E-state index contributed by atoms with van der Waals surface area (Å²) in [5.74, 6) is -0.0773. The Morgan fingerprint density at radius 3 is 2.32 bits per heavy atom. The highest BCUT2D eigenvalue weighted by Crippen LogP contribution is 2.39. The van der Waals surface area contributed by atoms with Gasteiger partial charge in [-0.3, -0.25) is 4.79 Å². The molecule has 0 unspecified atom stereocenters. The molecular weight excluding hydrogens is 302 g/mol.